The van der Waals surface area contributed by atoms with E-state index in [4.69, 9.17) is 9.47 Å². The molecular weight excluding hydrogens is 140 g/mol. The van der Waals surface area contributed by atoms with Crippen LogP contribution in [0.15, 0.2) is 11.8 Å². The highest BCUT2D eigenvalue weighted by Crippen LogP contribution is 2.23. The fourth-order valence-electron chi connectivity index (χ4n) is 1.38. The van der Waals surface area contributed by atoms with E-state index in [2.05, 4.69) is 0 Å². The molecule has 1 heterocycles. The summed E-state index contributed by atoms with van der Waals surface area (Å²) in [5.74, 6) is 0. The Morgan fingerprint density at radius 3 is 2.82 bits per heavy atom. The zero-order valence-electron chi connectivity index (χ0n) is 6.71. The van der Waals surface area contributed by atoms with Crippen LogP contribution in [0.3, 0.4) is 0 Å². The topological polar surface area (TPSA) is 21.8 Å². The van der Waals surface area contributed by atoms with Crippen molar-refractivity contribution >= 4 is 0 Å². The second-order valence-electron chi connectivity index (χ2n) is 3.27. The van der Waals surface area contributed by atoms with Crippen LogP contribution in [0.4, 0.5) is 0 Å². The van der Waals surface area contributed by atoms with Gasteiger partial charge in [-0.25, -0.2) is 0 Å². The van der Waals surface area contributed by atoms with Gasteiger partial charge in [-0.1, -0.05) is 0 Å². The van der Waals surface area contributed by atoms with Crippen molar-refractivity contribution in [1.29, 1.82) is 0 Å². The molecule has 62 valence electrons. The van der Waals surface area contributed by atoms with Gasteiger partial charge in [0.25, 0.3) is 0 Å². The van der Waals surface area contributed by atoms with E-state index in [0.29, 0.717) is 6.10 Å². The fourth-order valence-corrected chi connectivity index (χ4v) is 1.38. The van der Waals surface area contributed by atoms with Crippen molar-refractivity contribution in [2.75, 3.05) is 13.2 Å². The van der Waals surface area contributed by atoms with Gasteiger partial charge in [0.15, 0.2) is 0 Å². The number of hydrogen-bond donors (Lipinski definition) is 0. The van der Waals surface area contributed by atoms with Gasteiger partial charge in [0.1, 0.15) is 12.7 Å². The monoisotopic (exact) mass is 154 g/mol. The lowest BCUT2D eigenvalue weighted by atomic mass is 10.3. The molecule has 0 amide bonds. The molecule has 11 heavy (non-hydrogen) atoms. The van der Waals surface area contributed by atoms with Crippen LogP contribution in [-0.2, 0) is 9.47 Å². The molecular formula is C9H14O2. The maximum absolute atomic E-state index is 5.35. The van der Waals surface area contributed by atoms with E-state index in [1.807, 2.05) is 6.26 Å². The maximum atomic E-state index is 5.35. The first-order valence-electron chi connectivity index (χ1n) is 4.36. The molecule has 0 spiro atoms. The summed E-state index contributed by atoms with van der Waals surface area (Å²) in [7, 11) is 0. The predicted octanol–water partition coefficient (Wildman–Crippen LogP) is 1.86. The van der Waals surface area contributed by atoms with E-state index in [9.17, 15) is 0 Å². The van der Waals surface area contributed by atoms with Crippen LogP contribution in [0, 0.1) is 0 Å². The van der Waals surface area contributed by atoms with Crippen LogP contribution >= 0.6 is 0 Å². The Kier molecular flexibility index (Phi) is 2.13. The number of rotatable bonds is 3. The van der Waals surface area contributed by atoms with E-state index in [0.717, 1.165) is 13.2 Å². The highest BCUT2D eigenvalue weighted by atomic mass is 16.6. The summed E-state index contributed by atoms with van der Waals surface area (Å²) in [6, 6.07) is 0. The summed E-state index contributed by atoms with van der Waals surface area (Å²) in [6.45, 7) is 1.65. The second kappa shape index (κ2) is 3.26. The van der Waals surface area contributed by atoms with E-state index >= 15 is 0 Å². The number of epoxide rings is 1. The van der Waals surface area contributed by atoms with E-state index in [1.165, 1.54) is 31.3 Å². The average Bonchev–Trinajstić information content (AvgIpc) is 2.66. The summed E-state index contributed by atoms with van der Waals surface area (Å²) in [5.41, 5.74) is 1.48. The van der Waals surface area contributed by atoms with Crippen LogP contribution in [0.2, 0.25) is 0 Å². The Bertz CT molecular complexity index is 151. The first kappa shape index (κ1) is 7.17. The lowest BCUT2D eigenvalue weighted by Crippen LogP contribution is -1.96. The highest BCUT2D eigenvalue weighted by molar-refractivity contribution is 5.02. The molecule has 1 atom stereocenters. The first-order chi connectivity index (χ1) is 5.45. The van der Waals surface area contributed by atoms with Crippen molar-refractivity contribution in [3.05, 3.63) is 11.8 Å². The Morgan fingerprint density at radius 1 is 1.45 bits per heavy atom. The van der Waals surface area contributed by atoms with Gasteiger partial charge in [0.2, 0.25) is 0 Å². The molecule has 1 saturated heterocycles. The molecule has 0 aromatic carbocycles. The quantitative estimate of drug-likeness (QED) is 0.457. The summed E-state index contributed by atoms with van der Waals surface area (Å²) < 4.78 is 10.4. The smallest absolute Gasteiger partial charge is 0.116 e. The third-order valence-corrected chi connectivity index (χ3v) is 2.18. The van der Waals surface area contributed by atoms with Crippen molar-refractivity contribution < 1.29 is 9.47 Å². The lowest BCUT2D eigenvalue weighted by molar-refractivity contribution is 0.210. The van der Waals surface area contributed by atoms with Crippen LogP contribution in [0.25, 0.3) is 0 Å². The molecule has 0 aromatic rings. The van der Waals surface area contributed by atoms with Crippen LogP contribution < -0.4 is 0 Å². The van der Waals surface area contributed by atoms with Gasteiger partial charge in [0, 0.05) is 0 Å². The Labute approximate surface area is 67.2 Å². The Hall–Kier alpha value is -0.500. The molecule has 2 nitrogen and oxygen atoms in total. The van der Waals surface area contributed by atoms with E-state index in [1.54, 1.807) is 0 Å². The predicted molar refractivity (Wildman–Crippen MR) is 42.2 cm³/mol. The van der Waals surface area contributed by atoms with Crippen LogP contribution in [-0.4, -0.2) is 19.3 Å². The number of ether oxygens (including phenoxy) is 2. The van der Waals surface area contributed by atoms with Gasteiger partial charge < -0.3 is 9.47 Å². The summed E-state index contributed by atoms with van der Waals surface area (Å²) in [4.78, 5) is 0. The van der Waals surface area contributed by atoms with E-state index < -0.39 is 0 Å². The molecule has 1 unspecified atom stereocenters. The lowest BCUT2D eigenvalue weighted by Gasteiger charge is -1.98. The van der Waals surface area contributed by atoms with Crippen molar-refractivity contribution in [3.63, 3.8) is 0 Å². The molecule has 2 rings (SSSR count). The Morgan fingerprint density at radius 2 is 2.18 bits per heavy atom. The summed E-state index contributed by atoms with van der Waals surface area (Å²) >= 11 is 0. The normalized spacial score (nSPS) is 28.7. The van der Waals surface area contributed by atoms with Crippen molar-refractivity contribution in [2.45, 2.75) is 31.8 Å². The number of hydrogen-bond acceptors (Lipinski definition) is 2. The SMILES string of the molecule is C(OCC1CO1)=C1CCCC1. The largest absolute Gasteiger partial charge is 0.498 e. The molecule has 0 radical (unpaired) electrons. The van der Waals surface area contributed by atoms with Gasteiger partial charge in [-0.3, -0.25) is 0 Å². The molecule has 1 aliphatic carbocycles. The molecule has 2 fully saturated rings. The van der Waals surface area contributed by atoms with Gasteiger partial charge in [-0.15, -0.1) is 0 Å². The van der Waals surface area contributed by atoms with Crippen molar-refractivity contribution in [2.24, 2.45) is 0 Å². The third-order valence-electron chi connectivity index (χ3n) is 2.18. The molecule has 2 aliphatic rings. The first-order valence-corrected chi connectivity index (χ1v) is 4.36. The minimum absolute atomic E-state index is 0.397. The molecule has 1 aliphatic heterocycles. The molecule has 0 N–H and O–H groups in total. The van der Waals surface area contributed by atoms with Crippen molar-refractivity contribution in [3.8, 4) is 0 Å². The van der Waals surface area contributed by atoms with Gasteiger partial charge in [-0.05, 0) is 31.3 Å². The highest BCUT2D eigenvalue weighted by Gasteiger charge is 2.22. The van der Waals surface area contributed by atoms with Crippen LogP contribution in [0.5, 0.6) is 0 Å². The standard InChI is InChI=1S/C9H14O2/c1-2-4-8(3-1)5-10-6-9-7-11-9/h5,9H,1-4,6-7H2. The number of allylic oxidation sites excluding steroid dienone is 1. The zero-order chi connectivity index (χ0) is 7.52. The third kappa shape index (κ3) is 2.22. The van der Waals surface area contributed by atoms with Gasteiger partial charge in [-0.2, -0.15) is 0 Å². The van der Waals surface area contributed by atoms with Crippen molar-refractivity contribution in [1.82, 2.24) is 0 Å². The van der Waals surface area contributed by atoms with Crippen LogP contribution in [0.1, 0.15) is 25.7 Å². The fraction of sp³-hybridized carbons (Fsp3) is 0.778. The van der Waals surface area contributed by atoms with Gasteiger partial charge in [0.05, 0.1) is 12.9 Å². The molecule has 2 heteroatoms. The minimum Gasteiger partial charge on any atom is -0.498 e. The maximum Gasteiger partial charge on any atom is 0.116 e. The van der Waals surface area contributed by atoms with E-state index in [-0.39, 0.29) is 0 Å². The summed E-state index contributed by atoms with van der Waals surface area (Å²) in [6.07, 6.45) is 7.50. The average molecular weight is 154 g/mol. The minimum atomic E-state index is 0.397. The molecule has 0 bridgehead atoms. The molecule has 1 saturated carbocycles. The zero-order valence-corrected chi connectivity index (χ0v) is 6.71. The summed E-state index contributed by atoms with van der Waals surface area (Å²) in [5, 5.41) is 0. The van der Waals surface area contributed by atoms with Gasteiger partial charge >= 0.3 is 0 Å². The Balaban J connectivity index is 1.65. The second-order valence-corrected chi connectivity index (χ2v) is 3.27. The molecule has 0 aromatic heterocycles.